The van der Waals surface area contributed by atoms with Gasteiger partial charge in [-0.3, -0.25) is 4.79 Å². The second-order valence-corrected chi connectivity index (χ2v) is 5.53. The van der Waals surface area contributed by atoms with E-state index in [1.165, 1.54) is 0 Å². The molecule has 0 aliphatic carbocycles. The molecule has 1 aliphatic rings. The van der Waals surface area contributed by atoms with E-state index in [2.05, 4.69) is 27.9 Å². The molecule has 4 heteroatoms. The molecule has 1 heterocycles. The lowest BCUT2D eigenvalue weighted by Crippen LogP contribution is -2.38. The molecule has 3 nitrogen and oxygen atoms in total. The van der Waals surface area contributed by atoms with Gasteiger partial charge >= 0.3 is 0 Å². The fourth-order valence-corrected chi connectivity index (χ4v) is 2.63. The van der Waals surface area contributed by atoms with E-state index in [-0.39, 0.29) is 11.9 Å². The molecule has 0 bridgehead atoms. The normalized spacial score (nSPS) is 21.2. The van der Waals surface area contributed by atoms with E-state index >= 15 is 0 Å². The third-order valence-corrected chi connectivity index (χ3v) is 4.09. The number of hydrogen-bond donors (Lipinski definition) is 1. The molecule has 92 valence electrons. The Balaban J connectivity index is 1.99. The minimum atomic E-state index is 0.00870. The lowest BCUT2D eigenvalue weighted by Gasteiger charge is -2.19. The molecule has 0 aromatic heterocycles. The Morgan fingerprint density at radius 2 is 2.29 bits per heavy atom. The SMILES string of the molecule is CC(NC(=O)c1ccccc1I)C1CCOC1. The first kappa shape index (κ1) is 12.8. The summed E-state index contributed by atoms with van der Waals surface area (Å²) in [6.45, 7) is 3.62. The Hall–Kier alpha value is -0.620. The van der Waals surface area contributed by atoms with Crippen molar-refractivity contribution < 1.29 is 9.53 Å². The quantitative estimate of drug-likeness (QED) is 0.855. The van der Waals surface area contributed by atoms with Crippen molar-refractivity contribution >= 4 is 28.5 Å². The summed E-state index contributed by atoms with van der Waals surface area (Å²) in [6, 6.07) is 7.79. The number of halogens is 1. The third-order valence-electron chi connectivity index (χ3n) is 3.15. The van der Waals surface area contributed by atoms with Gasteiger partial charge in [0.15, 0.2) is 0 Å². The highest BCUT2D eigenvalue weighted by Gasteiger charge is 2.24. The summed E-state index contributed by atoms with van der Waals surface area (Å²) < 4.78 is 6.32. The molecule has 1 N–H and O–H groups in total. The molecule has 1 amide bonds. The van der Waals surface area contributed by atoms with Gasteiger partial charge in [-0.25, -0.2) is 0 Å². The molecule has 0 radical (unpaired) electrons. The molecule has 2 unspecified atom stereocenters. The van der Waals surface area contributed by atoms with Crippen molar-refractivity contribution in [1.82, 2.24) is 5.32 Å². The van der Waals surface area contributed by atoms with Crippen molar-refractivity contribution in [3.63, 3.8) is 0 Å². The van der Waals surface area contributed by atoms with Crippen LogP contribution in [0.2, 0.25) is 0 Å². The molecule has 17 heavy (non-hydrogen) atoms. The van der Waals surface area contributed by atoms with E-state index in [1.807, 2.05) is 31.2 Å². The number of ether oxygens (including phenoxy) is 1. The van der Waals surface area contributed by atoms with E-state index in [1.54, 1.807) is 0 Å². The van der Waals surface area contributed by atoms with Crippen molar-refractivity contribution in [2.24, 2.45) is 5.92 Å². The number of carbonyl (C=O) groups excluding carboxylic acids is 1. The highest BCUT2D eigenvalue weighted by molar-refractivity contribution is 14.1. The van der Waals surface area contributed by atoms with E-state index in [0.717, 1.165) is 28.8 Å². The number of amides is 1. The van der Waals surface area contributed by atoms with Gasteiger partial charge in [-0.1, -0.05) is 12.1 Å². The van der Waals surface area contributed by atoms with Gasteiger partial charge < -0.3 is 10.1 Å². The molecule has 1 aromatic carbocycles. The molecule has 0 spiro atoms. The molecule has 1 saturated heterocycles. The van der Waals surface area contributed by atoms with Crippen molar-refractivity contribution in [3.05, 3.63) is 33.4 Å². The summed E-state index contributed by atoms with van der Waals surface area (Å²) in [5.74, 6) is 0.453. The maximum Gasteiger partial charge on any atom is 0.252 e. The van der Waals surface area contributed by atoms with Gasteiger partial charge in [-0.05, 0) is 48.1 Å². The summed E-state index contributed by atoms with van der Waals surface area (Å²) in [4.78, 5) is 12.1. The van der Waals surface area contributed by atoms with Crippen molar-refractivity contribution in [3.8, 4) is 0 Å². The highest BCUT2D eigenvalue weighted by atomic mass is 127. The maximum atomic E-state index is 12.1. The first-order valence-electron chi connectivity index (χ1n) is 5.81. The van der Waals surface area contributed by atoms with Gasteiger partial charge in [0.25, 0.3) is 5.91 Å². The lowest BCUT2D eigenvalue weighted by atomic mass is 10.0. The average Bonchev–Trinajstić information content (AvgIpc) is 2.82. The second kappa shape index (κ2) is 5.82. The summed E-state index contributed by atoms with van der Waals surface area (Å²) in [6.07, 6.45) is 1.04. The van der Waals surface area contributed by atoms with E-state index in [0.29, 0.717) is 5.92 Å². The van der Waals surface area contributed by atoms with Gasteiger partial charge in [0, 0.05) is 22.1 Å². The smallest absolute Gasteiger partial charge is 0.252 e. The van der Waals surface area contributed by atoms with Gasteiger partial charge in [0.05, 0.1) is 12.2 Å². The number of hydrogen-bond acceptors (Lipinski definition) is 2. The summed E-state index contributed by atoms with van der Waals surface area (Å²) in [7, 11) is 0. The number of nitrogens with one attached hydrogen (secondary N) is 1. The second-order valence-electron chi connectivity index (χ2n) is 4.37. The third kappa shape index (κ3) is 3.19. The Kier molecular flexibility index (Phi) is 4.39. The topological polar surface area (TPSA) is 38.3 Å². The Labute approximate surface area is 115 Å². The predicted octanol–water partition coefficient (Wildman–Crippen LogP) is 2.45. The van der Waals surface area contributed by atoms with Gasteiger partial charge in [0.2, 0.25) is 0 Å². The summed E-state index contributed by atoms with van der Waals surface area (Å²) in [5, 5.41) is 3.06. The van der Waals surface area contributed by atoms with Gasteiger partial charge in [-0.2, -0.15) is 0 Å². The van der Waals surface area contributed by atoms with Gasteiger partial charge in [-0.15, -0.1) is 0 Å². The van der Waals surface area contributed by atoms with Crippen molar-refractivity contribution in [2.75, 3.05) is 13.2 Å². The van der Waals surface area contributed by atoms with Crippen LogP contribution in [0.15, 0.2) is 24.3 Å². The van der Waals surface area contributed by atoms with Crippen molar-refractivity contribution in [2.45, 2.75) is 19.4 Å². The minimum Gasteiger partial charge on any atom is -0.381 e. The van der Waals surface area contributed by atoms with Crippen LogP contribution in [0.25, 0.3) is 0 Å². The minimum absolute atomic E-state index is 0.00870. The molecular weight excluding hydrogens is 329 g/mol. The Morgan fingerprint density at radius 1 is 1.53 bits per heavy atom. The zero-order valence-electron chi connectivity index (χ0n) is 9.78. The number of benzene rings is 1. The number of carbonyl (C=O) groups is 1. The largest absolute Gasteiger partial charge is 0.381 e. The van der Waals surface area contributed by atoms with Crippen LogP contribution in [-0.4, -0.2) is 25.2 Å². The molecular formula is C13H16INO2. The monoisotopic (exact) mass is 345 g/mol. The number of rotatable bonds is 3. The van der Waals surface area contributed by atoms with Crippen LogP contribution in [0.5, 0.6) is 0 Å². The van der Waals surface area contributed by atoms with Gasteiger partial charge in [0.1, 0.15) is 0 Å². The molecule has 2 atom stereocenters. The molecule has 2 rings (SSSR count). The summed E-state index contributed by atoms with van der Waals surface area (Å²) >= 11 is 2.19. The van der Waals surface area contributed by atoms with Crippen LogP contribution in [0.4, 0.5) is 0 Å². The Morgan fingerprint density at radius 3 is 2.94 bits per heavy atom. The fourth-order valence-electron chi connectivity index (χ4n) is 1.99. The molecule has 1 aliphatic heterocycles. The highest BCUT2D eigenvalue weighted by Crippen LogP contribution is 2.17. The van der Waals surface area contributed by atoms with Crippen LogP contribution >= 0.6 is 22.6 Å². The van der Waals surface area contributed by atoms with Crippen LogP contribution in [-0.2, 0) is 4.74 Å². The van der Waals surface area contributed by atoms with Crippen molar-refractivity contribution in [1.29, 1.82) is 0 Å². The van der Waals surface area contributed by atoms with Crippen LogP contribution in [0.3, 0.4) is 0 Å². The van der Waals surface area contributed by atoms with E-state index in [9.17, 15) is 4.79 Å². The van der Waals surface area contributed by atoms with Crippen LogP contribution < -0.4 is 5.32 Å². The van der Waals surface area contributed by atoms with E-state index in [4.69, 9.17) is 4.74 Å². The Bertz CT molecular complexity index is 402. The fraction of sp³-hybridized carbons (Fsp3) is 0.462. The average molecular weight is 345 g/mol. The summed E-state index contributed by atoms with van der Waals surface area (Å²) in [5.41, 5.74) is 0.749. The molecule has 1 fully saturated rings. The van der Waals surface area contributed by atoms with E-state index < -0.39 is 0 Å². The molecule has 1 aromatic rings. The van der Waals surface area contributed by atoms with Crippen LogP contribution in [0, 0.1) is 9.49 Å². The zero-order valence-corrected chi connectivity index (χ0v) is 11.9. The standard InChI is InChI=1S/C13H16INO2/c1-9(10-6-7-17-8-10)15-13(16)11-4-2-3-5-12(11)14/h2-5,9-10H,6-8H2,1H3,(H,15,16). The first-order valence-corrected chi connectivity index (χ1v) is 6.89. The zero-order chi connectivity index (χ0) is 12.3. The predicted molar refractivity (Wildman–Crippen MR) is 75.0 cm³/mol. The first-order chi connectivity index (χ1) is 8.18. The maximum absolute atomic E-state index is 12.1. The molecule has 0 saturated carbocycles. The van der Waals surface area contributed by atoms with Crippen LogP contribution in [0.1, 0.15) is 23.7 Å². The lowest BCUT2D eigenvalue weighted by molar-refractivity contribution is 0.0921.